The third-order valence-corrected chi connectivity index (χ3v) is 2.32. The first-order chi connectivity index (χ1) is 7.65. The van der Waals surface area contributed by atoms with Gasteiger partial charge in [0.25, 0.3) is 0 Å². The lowest BCUT2D eigenvalue weighted by Crippen LogP contribution is -1.94. The van der Waals surface area contributed by atoms with Crippen molar-refractivity contribution in [2.45, 2.75) is 13.3 Å². The monoisotopic (exact) mass is 216 g/mol. The van der Waals surface area contributed by atoms with Gasteiger partial charge in [0, 0.05) is 13.3 Å². The number of hydrogen-bond acceptors (Lipinski definition) is 3. The van der Waals surface area contributed by atoms with Gasteiger partial charge in [0.05, 0.1) is 6.20 Å². The smallest absolute Gasteiger partial charge is 0.177 e. The summed E-state index contributed by atoms with van der Waals surface area (Å²) >= 11 is 0. The van der Waals surface area contributed by atoms with Crippen LogP contribution >= 0.6 is 0 Å². The molecule has 1 aromatic carbocycles. The lowest BCUT2D eigenvalue weighted by molar-refractivity contribution is 0.101. The van der Waals surface area contributed by atoms with Crippen LogP contribution in [0.4, 0.5) is 0 Å². The Hall–Kier alpha value is -2.10. The van der Waals surface area contributed by atoms with E-state index in [4.69, 9.17) is 5.11 Å². The maximum absolute atomic E-state index is 11.1. The van der Waals surface area contributed by atoms with Gasteiger partial charge in [-0.2, -0.15) is 0 Å². The minimum Gasteiger partial charge on any atom is -0.508 e. The first-order valence-corrected chi connectivity index (χ1v) is 4.98. The molecule has 0 spiro atoms. The van der Waals surface area contributed by atoms with E-state index < -0.39 is 0 Å². The maximum atomic E-state index is 11.1. The van der Waals surface area contributed by atoms with Crippen molar-refractivity contribution in [2.24, 2.45) is 0 Å². The molecule has 4 heteroatoms. The van der Waals surface area contributed by atoms with Crippen molar-refractivity contribution in [3.05, 3.63) is 47.5 Å². The number of nitrogens with zero attached hydrogens (tertiary/aromatic N) is 1. The van der Waals surface area contributed by atoms with Gasteiger partial charge >= 0.3 is 0 Å². The highest BCUT2D eigenvalue weighted by Crippen LogP contribution is 2.12. The minimum absolute atomic E-state index is 0.0237. The van der Waals surface area contributed by atoms with Gasteiger partial charge in [0.15, 0.2) is 5.78 Å². The van der Waals surface area contributed by atoms with E-state index >= 15 is 0 Å². The minimum atomic E-state index is -0.0237. The second-order valence-electron chi connectivity index (χ2n) is 3.64. The fourth-order valence-electron chi connectivity index (χ4n) is 1.44. The van der Waals surface area contributed by atoms with Crippen LogP contribution in [0.25, 0.3) is 0 Å². The maximum Gasteiger partial charge on any atom is 0.177 e. The Morgan fingerprint density at radius 2 is 2.06 bits per heavy atom. The standard InChI is InChI=1S/C12H12N2O2/c1-8(15)11-7-13-12(14-11)6-9-2-4-10(16)5-3-9/h2-5,7,16H,6H2,1H3,(H,13,14). The molecule has 0 atom stereocenters. The van der Waals surface area contributed by atoms with Gasteiger partial charge in [-0.05, 0) is 17.7 Å². The zero-order chi connectivity index (χ0) is 11.5. The Kier molecular flexibility index (Phi) is 2.72. The number of rotatable bonds is 3. The summed E-state index contributed by atoms with van der Waals surface area (Å²) in [6.45, 7) is 1.50. The van der Waals surface area contributed by atoms with E-state index in [1.165, 1.54) is 13.1 Å². The molecule has 82 valence electrons. The van der Waals surface area contributed by atoms with Crippen LogP contribution in [0.2, 0.25) is 0 Å². The quantitative estimate of drug-likeness (QED) is 0.770. The lowest BCUT2D eigenvalue weighted by Gasteiger charge is -1.98. The van der Waals surface area contributed by atoms with Crippen molar-refractivity contribution in [3.8, 4) is 5.75 Å². The van der Waals surface area contributed by atoms with Crippen molar-refractivity contribution >= 4 is 5.78 Å². The Labute approximate surface area is 93.0 Å². The number of carbonyl (C=O) groups excluding carboxylic acids is 1. The van der Waals surface area contributed by atoms with E-state index in [1.807, 2.05) is 12.1 Å². The molecule has 1 aromatic heterocycles. The van der Waals surface area contributed by atoms with Crippen molar-refractivity contribution < 1.29 is 9.90 Å². The van der Waals surface area contributed by atoms with Gasteiger partial charge in [0.1, 0.15) is 17.3 Å². The number of Topliss-reactive ketones (excluding diaryl/α,β-unsaturated/α-hetero) is 1. The zero-order valence-electron chi connectivity index (χ0n) is 8.90. The summed E-state index contributed by atoms with van der Waals surface area (Å²) in [5, 5.41) is 9.13. The number of carbonyl (C=O) groups is 1. The number of aromatic nitrogens is 2. The molecule has 16 heavy (non-hydrogen) atoms. The predicted octanol–water partition coefficient (Wildman–Crippen LogP) is 1.91. The van der Waals surface area contributed by atoms with Crippen molar-refractivity contribution in [1.82, 2.24) is 9.97 Å². The zero-order valence-corrected chi connectivity index (χ0v) is 8.90. The van der Waals surface area contributed by atoms with E-state index in [9.17, 15) is 4.79 Å². The fourth-order valence-corrected chi connectivity index (χ4v) is 1.44. The summed E-state index contributed by atoms with van der Waals surface area (Å²) in [6, 6.07) is 6.91. The average Bonchev–Trinajstić information content (AvgIpc) is 2.70. The number of phenolic OH excluding ortho intramolecular Hbond substituents is 1. The molecular weight excluding hydrogens is 204 g/mol. The molecular formula is C12H12N2O2. The van der Waals surface area contributed by atoms with Crippen LogP contribution < -0.4 is 0 Å². The van der Waals surface area contributed by atoms with Gasteiger partial charge in [-0.3, -0.25) is 4.79 Å². The number of aromatic amines is 1. The largest absolute Gasteiger partial charge is 0.508 e. The topological polar surface area (TPSA) is 66.0 Å². The highest BCUT2D eigenvalue weighted by atomic mass is 16.3. The lowest BCUT2D eigenvalue weighted by atomic mass is 10.1. The Morgan fingerprint density at radius 1 is 1.38 bits per heavy atom. The molecule has 0 aliphatic carbocycles. The molecule has 2 N–H and O–H groups in total. The highest BCUT2D eigenvalue weighted by molar-refractivity contribution is 5.91. The summed E-state index contributed by atoms with van der Waals surface area (Å²) in [5.41, 5.74) is 1.55. The van der Waals surface area contributed by atoms with Gasteiger partial charge in [-0.25, -0.2) is 4.98 Å². The summed E-state index contributed by atoms with van der Waals surface area (Å²) in [7, 11) is 0. The number of nitrogens with one attached hydrogen (secondary N) is 1. The van der Waals surface area contributed by atoms with Crippen molar-refractivity contribution in [1.29, 1.82) is 0 Å². The number of H-pyrrole nitrogens is 1. The molecule has 0 radical (unpaired) electrons. The Morgan fingerprint density at radius 3 is 2.62 bits per heavy atom. The third kappa shape index (κ3) is 2.28. The van der Waals surface area contributed by atoms with Gasteiger partial charge in [-0.15, -0.1) is 0 Å². The molecule has 2 aromatic rings. The third-order valence-electron chi connectivity index (χ3n) is 2.32. The SMILES string of the molecule is CC(=O)c1cnc(Cc2ccc(O)cc2)[nH]1. The van der Waals surface area contributed by atoms with Gasteiger partial charge in [0.2, 0.25) is 0 Å². The average molecular weight is 216 g/mol. The number of imidazole rings is 1. The normalized spacial score (nSPS) is 10.3. The van der Waals surface area contributed by atoms with E-state index in [0.717, 1.165) is 11.4 Å². The van der Waals surface area contributed by atoms with Gasteiger partial charge in [-0.1, -0.05) is 12.1 Å². The van der Waals surface area contributed by atoms with Crippen LogP contribution in [-0.4, -0.2) is 20.9 Å². The summed E-state index contributed by atoms with van der Waals surface area (Å²) in [6.07, 6.45) is 2.16. The summed E-state index contributed by atoms with van der Waals surface area (Å²) in [4.78, 5) is 18.1. The van der Waals surface area contributed by atoms with E-state index in [2.05, 4.69) is 9.97 Å². The molecule has 4 nitrogen and oxygen atoms in total. The van der Waals surface area contributed by atoms with E-state index in [-0.39, 0.29) is 11.5 Å². The number of hydrogen-bond donors (Lipinski definition) is 2. The second-order valence-corrected chi connectivity index (χ2v) is 3.64. The fraction of sp³-hybridized carbons (Fsp3) is 0.167. The second kappa shape index (κ2) is 4.18. The van der Waals surface area contributed by atoms with E-state index in [1.54, 1.807) is 12.1 Å². The van der Waals surface area contributed by atoms with Crippen LogP contribution in [0, 0.1) is 0 Å². The first kappa shape index (κ1) is 10.4. The number of phenols is 1. The first-order valence-electron chi connectivity index (χ1n) is 4.98. The Balaban J connectivity index is 2.14. The summed E-state index contributed by atoms with van der Waals surface area (Å²) < 4.78 is 0. The molecule has 0 saturated heterocycles. The molecule has 0 aliphatic rings. The highest BCUT2D eigenvalue weighted by Gasteiger charge is 2.05. The van der Waals surface area contributed by atoms with Gasteiger partial charge < -0.3 is 10.1 Å². The molecule has 0 fully saturated rings. The van der Waals surface area contributed by atoms with Crippen LogP contribution in [0.3, 0.4) is 0 Å². The summed E-state index contributed by atoms with van der Waals surface area (Å²) in [5.74, 6) is 0.966. The van der Waals surface area contributed by atoms with Crippen molar-refractivity contribution in [3.63, 3.8) is 0 Å². The number of aromatic hydroxyl groups is 1. The number of benzene rings is 1. The van der Waals surface area contributed by atoms with Crippen molar-refractivity contribution in [2.75, 3.05) is 0 Å². The molecule has 0 amide bonds. The Bertz CT molecular complexity index is 500. The molecule has 0 bridgehead atoms. The molecule has 0 unspecified atom stereocenters. The molecule has 0 saturated carbocycles. The molecule has 1 heterocycles. The van der Waals surface area contributed by atoms with Crippen LogP contribution in [0.5, 0.6) is 5.75 Å². The van der Waals surface area contributed by atoms with Crippen LogP contribution in [0.15, 0.2) is 30.5 Å². The van der Waals surface area contributed by atoms with E-state index in [0.29, 0.717) is 12.1 Å². The molecule has 0 aliphatic heterocycles. The molecule has 2 rings (SSSR count). The van der Waals surface area contributed by atoms with Crippen LogP contribution in [0.1, 0.15) is 28.8 Å². The predicted molar refractivity (Wildman–Crippen MR) is 59.5 cm³/mol. The number of ketones is 1. The van der Waals surface area contributed by atoms with Crippen LogP contribution in [-0.2, 0) is 6.42 Å².